The second-order valence-corrected chi connectivity index (χ2v) is 5.72. The summed E-state index contributed by atoms with van der Waals surface area (Å²) in [5.74, 6) is 0.0611. The maximum atomic E-state index is 12.5. The lowest BCUT2D eigenvalue weighted by molar-refractivity contribution is 0.0368. The monoisotopic (exact) mass is 277 g/mol. The molecular weight excluding hydrogens is 254 g/mol. The minimum absolute atomic E-state index is 0.0611. The Hall–Kier alpha value is -1.40. The lowest BCUT2D eigenvalue weighted by Crippen LogP contribution is -2.56. The molecule has 3 heterocycles. The lowest BCUT2D eigenvalue weighted by Gasteiger charge is -2.43. The van der Waals surface area contributed by atoms with Crippen LogP contribution in [0.25, 0.3) is 0 Å². The Labute approximate surface area is 119 Å². The van der Waals surface area contributed by atoms with E-state index in [1.807, 2.05) is 15.7 Å². The molecule has 0 aromatic carbocycles. The van der Waals surface area contributed by atoms with Gasteiger partial charge in [-0.05, 0) is 19.4 Å². The molecule has 6 heteroatoms. The summed E-state index contributed by atoms with van der Waals surface area (Å²) in [4.78, 5) is 21.2. The molecule has 0 saturated carbocycles. The van der Waals surface area contributed by atoms with Crippen molar-refractivity contribution < 1.29 is 4.79 Å². The molecular formula is C14H23N5O. The predicted octanol–water partition coefficient (Wildman–Crippen LogP) is 0.152. The Morgan fingerprint density at radius 1 is 1.35 bits per heavy atom. The first kappa shape index (κ1) is 13.6. The van der Waals surface area contributed by atoms with Crippen molar-refractivity contribution in [2.75, 3.05) is 32.7 Å². The minimum Gasteiger partial charge on any atom is -0.335 e. The van der Waals surface area contributed by atoms with Crippen LogP contribution in [-0.2, 0) is 6.54 Å². The highest BCUT2D eigenvalue weighted by Gasteiger charge is 2.31. The summed E-state index contributed by atoms with van der Waals surface area (Å²) in [6.07, 6.45) is 7.30. The molecule has 1 unspecified atom stereocenters. The zero-order valence-corrected chi connectivity index (χ0v) is 11.9. The highest BCUT2D eigenvalue weighted by Crippen LogP contribution is 2.21. The Morgan fingerprint density at radius 3 is 3.10 bits per heavy atom. The number of rotatable bonds is 3. The van der Waals surface area contributed by atoms with Crippen molar-refractivity contribution in [2.24, 2.45) is 5.73 Å². The van der Waals surface area contributed by atoms with Crippen molar-refractivity contribution in [3.63, 3.8) is 0 Å². The lowest BCUT2D eigenvalue weighted by atomic mass is 9.99. The third kappa shape index (κ3) is 2.71. The van der Waals surface area contributed by atoms with Crippen LogP contribution in [0.4, 0.5) is 0 Å². The average molecular weight is 277 g/mol. The summed E-state index contributed by atoms with van der Waals surface area (Å²) in [6.45, 7) is 5.13. The summed E-state index contributed by atoms with van der Waals surface area (Å²) in [7, 11) is 0. The molecule has 2 N–H and O–H groups in total. The molecule has 1 amide bonds. The molecule has 1 aromatic rings. The maximum Gasteiger partial charge on any atom is 0.274 e. The Balaban J connectivity index is 1.64. The van der Waals surface area contributed by atoms with Gasteiger partial charge in [-0.15, -0.1) is 0 Å². The molecule has 2 fully saturated rings. The van der Waals surface area contributed by atoms with Crippen molar-refractivity contribution in [1.82, 2.24) is 19.4 Å². The molecule has 1 aromatic heterocycles. The molecule has 0 aliphatic carbocycles. The molecule has 110 valence electrons. The molecule has 2 saturated heterocycles. The molecule has 0 bridgehead atoms. The normalized spacial score (nSPS) is 23.6. The molecule has 1 atom stereocenters. The second kappa shape index (κ2) is 5.93. The number of nitrogens with zero attached hydrogens (tertiary/aromatic N) is 4. The Bertz CT molecular complexity index is 472. The van der Waals surface area contributed by atoms with Crippen LogP contribution in [0.15, 0.2) is 12.5 Å². The van der Waals surface area contributed by atoms with E-state index in [1.165, 1.54) is 25.8 Å². The largest absolute Gasteiger partial charge is 0.335 e. The topological polar surface area (TPSA) is 67.4 Å². The fourth-order valence-electron chi connectivity index (χ4n) is 3.24. The molecule has 2 aliphatic heterocycles. The minimum atomic E-state index is 0.0611. The van der Waals surface area contributed by atoms with Crippen molar-refractivity contribution in [1.29, 1.82) is 0 Å². The van der Waals surface area contributed by atoms with E-state index in [9.17, 15) is 4.79 Å². The molecule has 6 nitrogen and oxygen atoms in total. The van der Waals surface area contributed by atoms with Gasteiger partial charge in [0, 0.05) is 45.0 Å². The number of piperidine rings is 1. The van der Waals surface area contributed by atoms with Crippen LogP contribution in [0.3, 0.4) is 0 Å². The van der Waals surface area contributed by atoms with Gasteiger partial charge < -0.3 is 15.2 Å². The summed E-state index contributed by atoms with van der Waals surface area (Å²) in [5, 5.41) is 0. The zero-order valence-electron chi connectivity index (χ0n) is 11.9. The van der Waals surface area contributed by atoms with Gasteiger partial charge in [0.05, 0.1) is 6.33 Å². The summed E-state index contributed by atoms with van der Waals surface area (Å²) < 4.78 is 1.88. The molecule has 3 rings (SSSR count). The van der Waals surface area contributed by atoms with Crippen molar-refractivity contribution in [2.45, 2.75) is 31.8 Å². The van der Waals surface area contributed by atoms with E-state index in [1.54, 1.807) is 6.33 Å². The SMILES string of the molecule is NCCn1cnc(C(=O)N2CCN3CCCCC3C2)c1. The highest BCUT2D eigenvalue weighted by atomic mass is 16.2. The van der Waals surface area contributed by atoms with Gasteiger partial charge in [0.1, 0.15) is 5.69 Å². The van der Waals surface area contributed by atoms with E-state index in [4.69, 9.17) is 5.73 Å². The number of aromatic nitrogens is 2. The van der Waals surface area contributed by atoms with Crippen molar-refractivity contribution >= 4 is 5.91 Å². The molecule has 20 heavy (non-hydrogen) atoms. The van der Waals surface area contributed by atoms with E-state index < -0.39 is 0 Å². The predicted molar refractivity (Wildman–Crippen MR) is 76.4 cm³/mol. The van der Waals surface area contributed by atoms with Gasteiger partial charge in [-0.25, -0.2) is 4.98 Å². The quantitative estimate of drug-likeness (QED) is 0.854. The number of imidazole rings is 1. The smallest absolute Gasteiger partial charge is 0.274 e. The van der Waals surface area contributed by atoms with E-state index in [0.717, 1.165) is 19.6 Å². The first-order valence-electron chi connectivity index (χ1n) is 7.53. The van der Waals surface area contributed by atoms with Gasteiger partial charge in [0.15, 0.2) is 0 Å². The number of hydrogen-bond acceptors (Lipinski definition) is 4. The Morgan fingerprint density at radius 2 is 2.25 bits per heavy atom. The van der Waals surface area contributed by atoms with Crippen LogP contribution in [-0.4, -0.2) is 64.0 Å². The van der Waals surface area contributed by atoms with E-state index >= 15 is 0 Å². The van der Waals surface area contributed by atoms with Gasteiger partial charge in [0.25, 0.3) is 5.91 Å². The first-order valence-corrected chi connectivity index (χ1v) is 7.53. The fraction of sp³-hybridized carbons (Fsp3) is 0.714. The summed E-state index contributed by atoms with van der Waals surface area (Å²) in [6, 6.07) is 0.549. The van der Waals surface area contributed by atoms with Gasteiger partial charge in [-0.1, -0.05) is 6.42 Å². The number of carbonyl (C=O) groups excluding carboxylic acids is 1. The maximum absolute atomic E-state index is 12.5. The van der Waals surface area contributed by atoms with Crippen LogP contribution >= 0.6 is 0 Å². The number of nitrogens with two attached hydrogens (primary N) is 1. The number of piperazine rings is 1. The Kier molecular flexibility index (Phi) is 4.03. The third-order valence-corrected chi connectivity index (χ3v) is 4.36. The standard InChI is InChI=1S/C14H23N5O/c15-4-6-17-10-13(16-11-17)14(20)19-8-7-18-5-2-1-3-12(18)9-19/h10-12H,1-9,15H2. The van der Waals surface area contributed by atoms with Crippen LogP contribution < -0.4 is 5.73 Å². The first-order chi connectivity index (χ1) is 9.78. The zero-order chi connectivity index (χ0) is 13.9. The van der Waals surface area contributed by atoms with E-state index in [2.05, 4.69) is 9.88 Å². The second-order valence-electron chi connectivity index (χ2n) is 5.72. The number of amides is 1. The van der Waals surface area contributed by atoms with Gasteiger partial charge >= 0.3 is 0 Å². The number of carbonyl (C=O) groups is 1. The van der Waals surface area contributed by atoms with Crippen LogP contribution in [0.2, 0.25) is 0 Å². The van der Waals surface area contributed by atoms with Crippen LogP contribution in [0.5, 0.6) is 0 Å². The van der Waals surface area contributed by atoms with Crippen LogP contribution in [0.1, 0.15) is 29.8 Å². The summed E-state index contributed by atoms with van der Waals surface area (Å²) in [5.41, 5.74) is 6.06. The van der Waals surface area contributed by atoms with Crippen molar-refractivity contribution in [3.05, 3.63) is 18.2 Å². The van der Waals surface area contributed by atoms with Crippen LogP contribution in [0, 0.1) is 0 Å². The summed E-state index contributed by atoms with van der Waals surface area (Å²) >= 11 is 0. The van der Waals surface area contributed by atoms with E-state index in [-0.39, 0.29) is 5.91 Å². The van der Waals surface area contributed by atoms with Crippen molar-refractivity contribution in [3.8, 4) is 0 Å². The average Bonchev–Trinajstić information content (AvgIpc) is 2.95. The number of hydrogen-bond donors (Lipinski definition) is 1. The molecule has 0 radical (unpaired) electrons. The number of fused-ring (bicyclic) bond motifs is 1. The molecule has 0 spiro atoms. The van der Waals surface area contributed by atoms with Gasteiger partial charge in [-0.2, -0.15) is 0 Å². The third-order valence-electron chi connectivity index (χ3n) is 4.36. The highest BCUT2D eigenvalue weighted by molar-refractivity contribution is 5.92. The van der Waals surface area contributed by atoms with E-state index in [0.29, 0.717) is 24.8 Å². The van der Waals surface area contributed by atoms with Gasteiger partial charge in [0.2, 0.25) is 0 Å². The van der Waals surface area contributed by atoms with Gasteiger partial charge in [-0.3, -0.25) is 9.69 Å². The fourth-order valence-corrected chi connectivity index (χ4v) is 3.24. The molecule has 2 aliphatic rings.